The minimum atomic E-state index is -0.159. The molecule has 0 spiro atoms. The van der Waals surface area contributed by atoms with Gasteiger partial charge in [0.1, 0.15) is 11.8 Å². The third-order valence-corrected chi connectivity index (χ3v) is 2.30. The Morgan fingerprint density at radius 1 is 1.53 bits per heavy atom. The van der Waals surface area contributed by atoms with E-state index in [2.05, 4.69) is 31.1 Å². The number of carbonyl (C=O) groups is 1. The smallest absolute Gasteiger partial charge is 0.251 e. The Morgan fingerprint density at radius 3 is 2.82 bits per heavy atom. The number of aromatic nitrogens is 1. The maximum Gasteiger partial charge on any atom is 0.251 e. The maximum absolute atomic E-state index is 11.8. The molecule has 0 fully saturated rings. The van der Waals surface area contributed by atoms with Gasteiger partial charge >= 0.3 is 0 Å². The molecule has 0 radical (unpaired) electrons. The molecule has 0 saturated heterocycles. The molecule has 0 aromatic carbocycles. The summed E-state index contributed by atoms with van der Waals surface area (Å²) in [6.07, 6.45) is 2.38. The second-order valence-electron chi connectivity index (χ2n) is 5.11. The van der Waals surface area contributed by atoms with E-state index in [1.165, 1.54) is 12.3 Å². The van der Waals surface area contributed by atoms with Crippen LogP contribution in [0.1, 0.15) is 43.2 Å². The number of pyridine rings is 1. The largest absolute Gasteiger partial charge is 0.352 e. The van der Waals surface area contributed by atoms with Gasteiger partial charge in [-0.3, -0.25) is 4.79 Å². The maximum atomic E-state index is 11.8. The van der Waals surface area contributed by atoms with Gasteiger partial charge < -0.3 is 5.32 Å². The molecule has 4 nitrogen and oxygen atoms in total. The van der Waals surface area contributed by atoms with Crippen molar-refractivity contribution in [3.8, 4) is 6.07 Å². The van der Waals surface area contributed by atoms with Gasteiger partial charge in [-0.25, -0.2) is 4.98 Å². The van der Waals surface area contributed by atoms with Gasteiger partial charge in [0, 0.05) is 18.3 Å². The zero-order valence-corrected chi connectivity index (χ0v) is 10.4. The lowest BCUT2D eigenvalue weighted by atomic mass is 9.92. The second kappa shape index (κ2) is 5.44. The Kier molecular flexibility index (Phi) is 4.22. The lowest BCUT2D eigenvalue weighted by Gasteiger charge is -2.17. The number of nitrogens with zero attached hydrogens (tertiary/aromatic N) is 2. The van der Waals surface area contributed by atoms with Crippen molar-refractivity contribution in [2.45, 2.75) is 27.2 Å². The highest BCUT2D eigenvalue weighted by Gasteiger charge is 2.11. The highest BCUT2D eigenvalue weighted by Crippen LogP contribution is 2.17. The van der Waals surface area contributed by atoms with Crippen molar-refractivity contribution in [2.75, 3.05) is 6.54 Å². The van der Waals surface area contributed by atoms with Crippen molar-refractivity contribution >= 4 is 5.91 Å². The molecular weight excluding hydrogens is 214 g/mol. The molecule has 1 N–H and O–H groups in total. The average molecular weight is 231 g/mol. The fraction of sp³-hybridized carbons (Fsp3) is 0.462. The molecule has 17 heavy (non-hydrogen) atoms. The Bertz CT molecular complexity index is 441. The summed E-state index contributed by atoms with van der Waals surface area (Å²) < 4.78 is 0. The Morgan fingerprint density at radius 2 is 2.24 bits per heavy atom. The standard InChI is InChI=1S/C13H17N3O/c1-13(2,3)5-7-16-12(17)10-4-6-15-11(8-10)9-14/h4,6,8H,5,7H2,1-3H3,(H,16,17). The van der Waals surface area contributed by atoms with E-state index >= 15 is 0 Å². The van der Waals surface area contributed by atoms with Crippen LogP contribution in [0.2, 0.25) is 0 Å². The van der Waals surface area contributed by atoms with E-state index in [-0.39, 0.29) is 17.0 Å². The Hall–Kier alpha value is -1.89. The molecule has 0 unspecified atom stereocenters. The second-order valence-corrected chi connectivity index (χ2v) is 5.11. The summed E-state index contributed by atoms with van der Waals surface area (Å²) >= 11 is 0. The summed E-state index contributed by atoms with van der Waals surface area (Å²) in [5.41, 5.74) is 0.933. The van der Waals surface area contributed by atoms with E-state index in [4.69, 9.17) is 5.26 Å². The first-order valence-electron chi connectivity index (χ1n) is 5.57. The van der Waals surface area contributed by atoms with Crippen LogP contribution in [-0.4, -0.2) is 17.4 Å². The fourth-order valence-electron chi connectivity index (χ4n) is 1.29. The molecule has 0 saturated carbocycles. The third-order valence-electron chi connectivity index (χ3n) is 2.30. The Balaban J connectivity index is 2.56. The molecule has 0 aliphatic heterocycles. The van der Waals surface area contributed by atoms with Crippen LogP contribution >= 0.6 is 0 Å². The summed E-state index contributed by atoms with van der Waals surface area (Å²) in [6.45, 7) is 7.00. The predicted molar refractivity (Wildman–Crippen MR) is 65.4 cm³/mol. The van der Waals surface area contributed by atoms with Crippen LogP contribution < -0.4 is 5.32 Å². The number of hydrogen-bond acceptors (Lipinski definition) is 3. The van der Waals surface area contributed by atoms with Crippen molar-refractivity contribution in [3.63, 3.8) is 0 Å². The molecule has 1 heterocycles. The van der Waals surface area contributed by atoms with E-state index < -0.39 is 0 Å². The van der Waals surface area contributed by atoms with Gasteiger partial charge in [-0.05, 0) is 24.0 Å². The van der Waals surface area contributed by atoms with Crippen molar-refractivity contribution < 1.29 is 4.79 Å². The van der Waals surface area contributed by atoms with Crippen LogP contribution in [0, 0.1) is 16.7 Å². The molecule has 0 aliphatic carbocycles. The molecular formula is C13H17N3O. The molecule has 0 bridgehead atoms. The number of nitriles is 1. The van der Waals surface area contributed by atoms with Gasteiger partial charge in [0.05, 0.1) is 0 Å². The molecule has 4 heteroatoms. The van der Waals surface area contributed by atoms with Crippen molar-refractivity contribution in [1.82, 2.24) is 10.3 Å². The fourth-order valence-corrected chi connectivity index (χ4v) is 1.29. The summed E-state index contributed by atoms with van der Waals surface area (Å²) in [4.78, 5) is 15.6. The Labute approximate surface area is 102 Å². The van der Waals surface area contributed by atoms with Crippen LogP contribution in [-0.2, 0) is 0 Å². The third kappa shape index (κ3) is 4.64. The van der Waals surface area contributed by atoms with E-state index in [1.54, 1.807) is 6.07 Å². The molecule has 0 aliphatic rings. The zero-order valence-electron chi connectivity index (χ0n) is 10.4. The minimum Gasteiger partial charge on any atom is -0.352 e. The van der Waals surface area contributed by atoms with Crippen molar-refractivity contribution in [2.24, 2.45) is 5.41 Å². The summed E-state index contributed by atoms with van der Waals surface area (Å²) in [5.74, 6) is -0.159. The molecule has 1 aromatic rings. The van der Waals surface area contributed by atoms with Crippen LogP contribution in [0.4, 0.5) is 0 Å². The SMILES string of the molecule is CC(C)(C)CCNC(=O)c1ccnc(C#N)c1. The van der Waals surface area contributed by atoms with Crippen LogP contribution in [0.3, 0.4) is 0 Å². The van der Waals surface area contributed by atoms with Gasteiger partial charge in [0.2, 0.25) is 0 Å². The topological polar surface area (TPSA) is 65.8 Å². The van der Waals surface area contributed by atoms with Crippen LogP contribution in [0.25, 0.3) is 0 Å². The lowest BCUT2D eigenvalue weighted by molar-refractivity contribution is 0.0949. The first-order valence-corrected chi connectivity index (χ1v) is 5.57. The van der Waals surface area contributed by atoms with Crippen molar-refractivity contribution in [3.05, 3.63) is 29.6 Å². The number of hydrogen-bond donors (Lipinski definition) is 1. The van der Waals surface area contributed by atoms with Gasteiger partial charge in [-0.2, -0.15) is 5.26 Å². The normalized spacial score (nSPS) is 10.7. The number of amides is 1. The van der Waals surface area contributed by atoms with Crippen LogP contribution in [0.15, 0.2) is 18.3 Å². The van der Waals surface area contributed by atoms with Gasteiger partial charge in [0.25, 0.3) is 5.91 Å². The molecule has 0 atom stereocenters. The lowest BCUT2D eigenvalue weighted by Crippen LogP contribution is -2.27. The van der Waals surface area contributed by atoms with E-state index in [0.717, 1.165) is 6.42 Å². The predicted octanol–water partition coefficient (Wildman–Crippen LogP) is 2.12. The first kappa shape index (κ1) is 13.2. The highest BCUT2D eigenvalue weighted by atomic mass is 16.1. The van der Waals surface area contributed by atoms with Gasteiger partial charge in [-0.1, -0.05) is 20.8 Å². The van der Waals surface area contributed by atoms with Gasteiger partial charge in [0.15, 0.2) is 0 Å². The number of nitrogens with one attached hydrogen (secondary N) is 1. The highest BCUT2D eigenvalue weighted by molar-refractivity contribution is 5.94. The van der Waals surface area contributed by atoms with E-state index in [0.29, 0.717) is 12.1 Å². The van der Waals surface area contributed by atoms with Gasteiger partial charge in [-0.15, -0.1) is 0 Å². The molecule has 1 aromatic heterocycles. The molecule has 90 valence electrons. The number of rotatable bonds is 3. The van der Waals surface area contributed by atoms with E-state index in [9.17, 15) is 4.79 Å². The minimum absolute atomic E-state index is 0.159. The van der Waals surface area contributed by atoms with Crippen molar-refractivity contribution in [1.29, 1.82) is 5.26 Å². The van der Waals surface area contributed by atoms with E-state index in [1.807, 2.05) is 6.07 Å². The monoisotopic (exact) mass is 231 g/mol. The first-order chi connectivity index (χ1) is 7.92. The number of carbonyl (C=O) groups excluding carboxylic acids is 1. The summed E-state index contributed by atoms with van der Waals surface area (Å²) in [7, 11) is 0. The quantitative estimate of drug-likeness (QED) is 0.866. The zero-order chi connectivity index (χ0) is 12.9. The summed E-state index contributed by atoms with van der Waals surface area (Å²) in [6, 6.07) is 5.01. The summed E-state index contributed by atoms with van der Waals surface area (Å²) in [5, 5.41) is 11.5. The average Bonchev–Trinajstić information content (AvgIpc) is 2.27. The molecule has 1 amide bonds. The molecule has 1 rings (SSSR count). The van der Waals surface area contributed by atoms with Crippen LogP contribution in [0.5, 0.6) is 0 Å².